The molecule has 0 amide bonds. The lowest BCUT2D eigenvalue weighted by Crippen LogP contribution is -2.15. The number of fused-ring (bicyclic) bond motifs is 3. The molecule has 0 saturated carbocycles. The number of rotatable bonds is 0. The first-order valence-corrected chi connectivity index (χ1v) is 5.85. The highest BCUT2D eigenvalue weighted by molar-refractivity contribution is 9.10. The van der Waals surface area contributed by atoms with E-state index in [2.05, 4.69) is 26.1 Å². The Kier molecular flexibility index (Phi) is 2.10. The number of aryl methyl sites for hydroxylation is 3. The van der Waals surface area contributed by atoms with Gasteiger partial charge in [-0.2, -0.15) is 0 Å². The second kappa shape index (κ2) is 3.38. The van der Waals surface area contributed by atoms with Crippen LogP contribution in [0.5, 0.6) is 0 Å². The summed E-state index contributed by atoms with van der Waals surface area (Å²) in [6.45, 7) is 1.84. The molecule has 0 fully saturated rings. The van der Waals surface area contributed by atoms with Gasteiger partial charge in [-0.05, 0) is 31.0 Å². The minimum absolute atomic E-state index is 0.228. The third-order valence-electron chi connectivity index (χ3n) is 2.84. The lowest BCUT2D eigenvalue weighted by Gasteiger charge is -2.19. The summed E-state index contributed by atoms with van der Waals surface area (Å²) in [6, 6.07) is 3.44. The molecular weight excluding hydrogens is 273 g/mol. The van der Waals surface area contributed by atoms with Gasteiger partial charge in [0.25, 0.3) is 0 Å². The molecule has 0 aliphatic carbocycles. The Hall–Kier alpha value is -1.23. The molecule has 2 aromatic rings. The summed E-state index contributed by atoms with van der Waals surface area (Å²) in [5.41, 5.74) is 1.61. The van der Waals surface area contributed by atoms with Crippen LogP contribution in [-0.2, 0) is 12.8 Å². The maximum absolute atomic E-state index is 14.0. The van der Waals surface area contributed by atoms with E-state index in [0.717, 1.165) is 34.5 Å². The molecule has 1 aromatic heterocycles. The topological polar surface area (TPSA) is 30.7 Å². The Labute approximate surface area is 100 Å². The van der Waals surface area contributed by atoms with E-state index in [4.69, 9.17) is 0 Å². The molecule has 5 heteroatoms. The Bertz CT molecular complexity index is 577. The first-order chi connectivity index (χ1) is 7.66. The van der Waals surface area contributed by atoms with Crippen LogP contribution < -0.4 is 0 Å². The quantitative estimate of drug-likeness (QED) is 0.743. The van der Waals surface area contributed by atoms with Crippen molar-refractivity contribution >= 4 is 15.9 Å². The van der Waals surface area contributed by atoms with Crippen LogP contribution in [0.2, 0.25) is 0 Å². The largest absolute Gasteiger partial charge is 0.280 e. The molecular formula is C11H9BrFN3. The first kappa shape index (κ1) is 9.96. The predicted molar refractivity (Wildman–Crippen MR) is 61.2 cm³/mol. The normalized spacial score (nSPS) is 13.4. The van der Waals surface area contributed by atoms with E-state index in [9.17, 15) is 4.39 Å². The molecule has 1 aliphatic heterocycles. The van der Waals surface area contributed by atoms with Crippen LogP contribution in [-0.4, -0.2) is 14.8 Å². The van der Waals surface area contributed by atoms with Crippen molar-refractivity contribution in [2.75, 3.05) is 0 Å². The van der Waals surface area contributed by atoms with E-state index in [1.807, 2.05) is 13.0 Å². The maximum Gasteiger partial charge on any atom is 0.148 e. The molecule has 0 unspecified atom stereocenters. The second-order valence-corrected chi connectivity index (χ2v) is 4.81. The van der Waals surface area contributed by atoms with Crippen molar-refractivity contribution in [3.8, 4) is 5.69 Å². The third-order valence-corrected chi connectivity index (χ3v) is 3.30. The summed E-state index contributed by atoms with van der Waals surface area (Å²) >= 11 is 3.31. The molecule has 1 aliphatic rings. The SMILES string of the molecule is Cc1nnc2n1-c1c(F)cc(Br)cc1CC2. The molecule has 0 spiro atoms. The van der Waals surface area contributed by atoms with Gasteiger partial charge in [-0.3, -0.25) is 4.57 Å². The molecule has 0 atom stereocenters. The summed E-state index contributed by atoms with van der Waals surface area (Å²) in [6.07, 6.45) is 1.62. The lowest BCUT2D eigenvalue weighted by atomic mass is 10.0. The van der Waals surface area contributed by atoms with Gasteiger partial charge in [0.05, 0.1) is 5.69 Å². The second-order valence-electron chi connectivity index (χ2n) is 3.89. The van der Waals surface area contributed by atoms with Gasteiger partial charge >= 0.3 is 0 Å². The van der Waals surface area contributed by atoms with E-state index < -0.39 is 0 Å². The van der Waals surface area contributed by atoms with Gasteiger partial charge in [-0.25, -0.2) is 4.39 Å². The maximum atomic E-state index is 14.0. The Morgan fingerprint density at radius 2 is 2.12 bits per heavy atom. The fourth-order valence-electron chi connectivity index (χ4n) is 2.17. The fourth-order valence-corrected chi connectivity index (χ4v) is 2.64. The number of hydrogen-bond donors (Lipinski definition) is 0. The zero-order valence-electron chi connectivity index (χ0n) is 8.67. The van der Waals surface area contributed by atoms with E-state index in [-0.39, 0.29) is 5.82 Å². The van der Waals surface area contributed by atoms with Gasteiger partial charge in [-0.15, -0.1) is 10.2 Å². The van der Waals surface area contributed by atoms with Crippen LogP contribution in [0.1, 0.15) is 17.2 Å². The van der Waals surface area contributed by atoms with E-state index in [1.165, 1.54) is 6.07 Å². The summed E-state index contributed by atoms with van der Waals surface area (Å²) in [4.78, 5) is 0. The average Bonchev–Trinajstić information content (AvgIpc) is 2.60. The predicted octanol–water partition coefficient (Wildman–Crippen LogP) is 2.58. The van der Waals surface area contributed by atoms with Crippen LogP contribution in [0.15, 0.2) is 16.6 Å². The minimum Gasteiger partial charge on any atom is -0.280 e. The molecule has 3 rings (SSSR count). The standard InChI is InChI=1S/C11H9BrFN3/c1-6-14-15-10-3-2-7-4-8(12)5-9(13)11(7)16(6)10/h4-5H,2-3H2,1H3. The number of hydrogen-bond acceptors (Lipinski definition) is 2. The summed E-state index contributed by atoms with van der Waals surface area (Å²) in [7, 11) is 0. The van der Waals surface area contributed by atoms with Crippen LogP contribution in [0, 0.1) is 12.7 Å². The highest BCUT2D eigenvalue weighted by Gasteiger charge is 2.22. The lowest BCUT2D eigenvalue weighted by molar-refractivity contribution is 0.600. The van der Waals surface area contributed by atoms with Gasteiger partial charge in [0.1, 0.15) is 17.5 Å². The van der Waals surface area contributed by atoms with Crippen molar-refractivity contribution in [2.45, 2.75) is 19.8 Å². The third kappa shape index (κ3) is 1.31. The summed E-state index contributed by atoms with van der Waals surface area (Å²) in [5, 5.41) is 8.05. The highest BCUT2D eigenvalue weighted by atomic mass is 79.9. The average molecular weight is 282 g/mol. The monoisotopic (exact) mass is 281 g/mol. The summed E-state index contributed by atoms with van der Waals surface area (Å²) < 4.78 is 16.5. The van der Waals surface area contributed by atoms with E-state index in [0.29, 0.717) is 5.69 Å². The van der Waals surface area contributed by atoms with Crippen LogP contribution in [0.3, 0.4) is 0 Å². The molecule has 3 nitrogen and oxygen atoms in total. The van der Waals surface area contributed by atoms with Crippen molar-refractivity contribution in [3.63, 3.8) is 0 Å². The molecule has 82 valence electrons. The fraction of sp³-hybridized carbons (Fsp3) is 0.273. The van der Waals surface area contributed by atoms with Gasteiger partial charge in [0, 0.05) is 10.9 Å². The molecule has 1 aromatic carbocycles. The van der Waals surface area contributed by atoms with Crippen molar-refractivity contribution < 1.29 is 4.39 Å². The Balaban J connectivity index is 2.35. The van der Waals surface area contributed by atoms with E-state index >= 15 is 0 Å². The van der Waals surface area contributed by atoms with Crippen LogP contribution in [0.4, 0.5) is 4.39 Å². The van der Waals surface area contributed by atoms with Gasteiger partial charge in [0.15, 0.2) is 0 Å². The zero-order chi connectivity index (χ0) is 11.3. The van der Waals surface area contributed by atoms with Crippen molar-refractivity contribution in [1.82, 2.24) is 14.8 Å². The molecule has 0 radical (unpaired) electrons. The summed E-state index contributed by atoms with van der Waals surface area (Å²) in [5.74, 6) is 1.34. The van der Waals surface area contributed by atoms with Crippen LogP contribution in [0.25, 0.3) is 5.69 Å². The highest BCUT2D eigenvalue weighted by Crippen LogP contribution is 2.30. The van der Waals surface area contributed by atoms with Crippen molar-refractivity contribution in [3.05, 3.63) is 39.6 Å². The number of nitrogens with zero attached hydrogens (tertiary/aromatic N) is 3. The van der Waals surface area contributed by atoms with Gasteiger partial charge in [-0.1, -0.05) is 15.9 Å². The van der Waals surface area contributed by atoms with Gasteiger partial charge in [0.2, 0.25) is 0 Å². The van der Waals surface area contributed by atoms with Gasteiger partial charge < -0.3 is 0 Å². The molecule has 0 N–H and O–H groups in total. The zero-order valence-corrected chi connectivity index (χ0v) is 10.3. The number of benzene rings is 1. The van der Waals surface area contributed by atoms with Crippen molar-refractivity contribution in [2.24, 2.45) is 0 Å². The minimum atomic E-state index is -0.228. The Morgan fingerprint density at radius 1 is 1.31 bits per heavy atom. The van der Waals surface area contributed by atoms with E-state index in [1.54, 1.807) is 4.57 Å². The number of halogens is 2. The molecule has 16 heavy (non-hydrogen) atoms. The first-order valence-electron chi connectivity index (χ1n) is 5.06. The smallest absolute Gasteiger partial charge is 0.148 e. The molecule has 2 heterocycles. The Morgan fingerprint density at radius 3 is 2.94 bits per heavy atom. The van der Waals surface area contributed by atoms with Crippen molar-refractivity contribution in [1.29, 1.82) is 0 Å². The van der Waals surface area contributed by atoms with Crippen LogP contribution >= 0.6 is 15.9 Å². The number of aromatic nitrogens is 3. The molecule has 0 bridgehead atoms. The molecule has 0 saturated heterocycles.